The highest BCUT2D eigenvalue weighted by atomic mass is 35.7. The van der Waals surface area contributed by atoms with Gasteiger partial charge in [0, 0.05) is 17.2 Å². The summed E-state index contributed by atoms with van der Waals surface area (Å²) in [7, 11) is -2.40. The molecule has 96 valence electrons. The van der Waals surface area contributed by atoms with Crippen LogP contribution in [0, 0.1) is 6.92 Å². The number of hydrogen-bond acceptors (Lipinski definition) is 4. The number of sulfonamides is 1. The largest absolute Gasteiger partial charge is 0.240 e. The van der Waals surface area contributed by atoms with Gasteiger partial charge in [-0.25, -0.2) is 21.6 Å². The fraction of sp³-hybridized carbons (Fsp3) is 0.333. The maximum atomic E-state index is 11.7. The van der Waals surface area contributed by atoms with Crippen LogP contribution in [0.2, 0.25) is 0 Å². The molecule has 0 unspecified atom stereocenters. The Morgan fingerprint density at radius 2 is 1.88 bits per heavy atom. The van der Waals surface area contributed by atoms with Crippen molar-refractivity contribution in [2.45, 2.75) is 11.8 Å². The summed E-state index contributed by atoms with van der Waals surface area (Å²) in [6.07, 6.45) is 0. The van der Waals surface area contributed by atoms with Crippen LogP contribution in [0.15, 0.2) is 29.2 Å². The Bertz CT molecular complexity index is 595. The molecule has 0 bridgehead atoms. The third-order valence-electron chi connectivity index (χ3n) is 1.94. The van der Waals surface area contributed by atoms with Gasteiger partial charge in [-0.15, -0.1) is 0 Å². The molecular formula is C9H12ClNO4S2. The number of rotatable bonds is 5. The second-order valence-corrected chi connectivity index (χ2v) is 8.12. The minimum absolute atomic E-state index is 0.101. The Morgan fingerprint density at radius 3 is 2.41 bits per heavy atom. The second-order valence-electron chi connectivity index (χ2n) is 3.46. The van der Waals surface area contributed by atoms with Gasteiger partial charge in [0.2, 0.25) is 19.1 Å². The van der Waals surface area contributed by atoms with Gasteiger partial charge >= 0.3 is 0 Å². The van der Waals surface area contributed by atoms with Crippen LogP contribution >= 0.6 is 10.7 Å². The average molecular weight is 298 g/mol. The summed E-state index contributed by atoms with van der Waals surface area (Å²) >= 11 is 0. The fourth-order valence-corrected chi connectivity index (χ4v) is 3.01. The van der Waals surface area contributed by atoms with Gasteiger partial charge in [-0.1, -0.05) is 12.1 Å². The van der Waals surface area contributed by atoms with E-state index >= 15 is 0 Å². The Morgan fingerprint density at radius 1 is 1.24 bits per heavy atom. The molecule has 0 fully saturated rings. The Balaban J connectivity index is 2.77. The third kappa shape index (κ3) is 5.03. The predicted octanol–water partition coefficient (Wildman–Crippen LogP) is 0.842. The van der Waals surface area contributed by atoms with Gasteiger partial charge in [-0.2, -0.15) is 0 Å². The van der Waals surface area contributed by atoms with Gasteiger partial charge in [-0.3, -0.25) is 0 Å². The van der Waals surface area contributed by atoms with Crippen LogP contribution in [0.25, 0.3) is 0 Å². The van der Waals surface area contributed by atoms with Crippen LogP contribution in [0.1, 0.15) is 5.56 Å². The van der Waals surface area contributed by atoms with E-state index in [0.29, 0.717) is 0 Å². The molecule has 0 amide bonds. The molecule has 0 aliphatic heterocycles. The van der Waals surface area contributed by atoms with Crippen molar-refractivity contribution in [1.82, 2.24) is 4.72 Å². The van der Waals surface area contributed by atoms with Crippen LogP contribution < -0.4 is 4.72 Å². The van der Waals surface area contributed by atoms with E-state index < -0.39 is 24.8 Å². The maximum absolute atomic E-state index is 11.7. The van der Waals surface area contributed by atoms with Gasteiger partial charge in [0.25, 0.3) is 0 Å². The zero-order valence-electron chi connectivity index (χ0n) is 9.05. The van der Waals surface area contributed by atoms with E-state index in [1.54, 1.807) is 19.1 Å². The molecular weight excluding hydrogens is 286 g/mol. The molecule has 1 N–H and O–H groups in total. The van der Waals surface area contributed by atoms with Crippen LogP contribution in [0.4, 0.5) is 0 Å². The zero-order valence-corrected chi connectivity index (χ0v) is 11.4. The van der Waals surface area contributed by atoms with Gasteiger partial charge in [0.05, 0.1) is 10.6 Å². The summed E-state index contributed by atoms with van der Waals surface area (Å²) < 4.78 is 46.9. The first kappa shape index (κ1) is 14.4. The molecule has 0 radical (unpaired) electrons. The highest BCUT2D eigenvalue weighted by Gasteiger charge is 2.14. The van der Waals surface area contributed by atoms with Gasteiger partial charge in [-0.05, 0) is 24.6 Å². The van der Waals surface area contributed by atoms with Gasteiger partial charge < -0.3 is 0 Å². The molecule has 0 aromatic heterocycles. The summed E-state index contributed by atoms with van der Waals surface area (Å²) in [6, 6.07) is 6.31. The first-order valence-electron chi connectivity index (χ1n) is 4.69. The van der Waals surface area contributed by atoms with Crippen molar-refractivity contribution in [2.24, 2.45) is 0 Å². The van der Waals surface area contributed by atoms with Crippen LogP contribution in [0.5, 0.6) is 0 Å². The lowest BCUT2D eigenvalue weighted by Gasteiger charge is -2.06. The summed E-state index contributed by atoms with van der Waals surface area (Å²) in [5.74, 6) is -0.445. The minimum Gasteiger partial charge on any atom is -0.212 e. The SMILES string of the molecule is Cc1cccc(S(=O)(=O)NCCS(=O)(=O)Cl)c1. The molecule has 0 atom stereocenters. The number of halogens is 1. The fourth-order valence-electron chi connectivity index (χ4n) is 1.16. The van der Waals surface area contributed by atoms with Crippen molar-refractivity contribution >= 4 is 29.8 Å². The summed E-state index contributed by atoms with van der Waals surface area (Å²) in [5.41, 5.74) is 0.804. The van der Waals surface area contributed by atoms with Crippen molar-refractivity contribution in [3.8, 4) is 0 Å². The molecule has 0 spiro atoms. The highest BCUT2D eigenvalue weighted by molar-refractivity contribution is 8.13. The number of nitrogens with one attached hydrogen (secondary N) is 1. The Labute approximate surface area is 105 Å². The molecule has 8 heteroatoms. The van der Waals surface area contributed by atoms with Crippen molar-refractivity contribution < 1.29 is 16.8 Å². The normalized spacial score (nSPS) is 12.6. The number of hydrogen-bond donors (Lipinski definition) is 1. The van der Waals surface area contributed by atoms with Crippen molar-refractivity contribution in [3.63, 3.8) is 0 Å². The molecule has 0 aliphatic carbocycles. The van der Waals surface area contributed by atoms with Crippen molar-refractivity contribution in [2.75, 3.05) is 12.3 Å². The van der Waals surface area contributed by atoms with E-state index in [9.17, 15) is 16.8 Å². The Hall–Kier alpha value is -0.630. The predicted molar refractivity (Wildman–Crippen MR) is 66.0 cm³/mol. The smallest absolute Gasteiger partial charge is 0.212 e. The van der Waals surface area contributed by atoms with Crippen molar-refractivity contribution in [1.29, 1.82) is 0 Å². The van der Waals surface area contributed by atoms with Crippen LogP contribution in [0.3, 0.4) is 0 Å². The standard InChI is InChI=1S/C9H12ClNO4S2/c1-8-3-2-4-9(7-8)17(14,15)11-5-6-16(10,12)13/h2-4,7,11H,5-6H2,1H3. The second kappa shape index (κ2) is 5.34. The molecule has 17 heavy (non-hydrogen) atoms. The highest BCUT2D eigenvalue weighted by Crippen LogP contribution is 2.10. The average Bonchev–Trinajstić information content (AvgIpc) is 2.15. The van der Waals surface area contributed by atoms with Crippen LogP contribution in [-0.2, 0) is 19.1 Å². The molecule has 0 saturated carbocycles. The van der Waals surface area contributed by atoms with Gasteiger partial charge in [0.1, 0.15) is 0 Å². The van der Waals surface area contributed by atoms with Crippen molar-refractivity contribution in [3.05, 3.63) is 29.8 Å². The van der Waals surface area contributed by atoms with E-state index in [1.807, 2.05) is 0 Å². The molecule has 0 heterocycles. The maximum Gasteiger partial charge on any atom is 0.240 e. The molecule has 1 aromatic carbocycles. The van der Waals surface area contributed by atoms with E-state index in [4.69, 9.17) is 10.7 Å². The lowest BCUT2D eigenvalue weighted by molar-refractivity contribution is 0.582. The summed E-state index contributed by atoms with van der Waals surface area (Å²) in [6.45, 7) is 1.52. The van der Waals surface area contributed by atoms with E-state index in [2.05, 4.69) is 4.72 Å². The first-order valence-corrected chi connectivity index (χ1v) is 8.65. The number of benzene rings is 1. The number of aryl methyl sites for hydroxylation is 1. The third-order valence-corrected chi connectivity index (χ3v) is 4.55. The lowest BCUT2D eigenvalue weighted by Crippen LogP contribution is -2.28. The topological polar surface area (TPSA) is 80.3 Å². The van der Waals surface area contributed by atoms with Crippen LogP contribution in [-0.4, -0.2) is 29.1 Å². The summed E-state index contributed by atoms with van der Waals surface area (Å²) in [5, 5.41) is 0. The molecule has 5 nitrogen and oxygen atoms in total. The molecule has 1 aromatic rings. The van der Waals surface area contributed by atoms with E-state index in [-0.39, 0.29) is 11.4 Å². The monoisotopic (exact) mass is 297 g/mol. The molecule has 1 rings (SSSR count). The van der Waals surface area contributed by atoms with E-state index in [1.165, 1.54) is 12.1 Å². The summed E-state index contributed by atoms with van der Waals surface area (Å²) in [4.78, 5) is 0.101. The molecule has 0 saturated heterocycles. The minimum atomic E-state index is -3.69. The van der Waals surface area contributed by atoms with E-state index in [0.717, 1.165) is 5.56 Å². The zero-order chi connectivity index (χ0) is 13.1. The quantitative estimate of drug-likeness (QED) is 0.817. The molecule has 0 aliphatic rings. The lowest BCUT2D eigenvalue weighted by atomic mass is 10.2. The Kier molecular flexibility index (Phi) is 4.54. The first-order chi connectivity index (χ1) is 7.71. The van der Waals surface area contributed by atoms with Gasteiger partial charge in [0.15, 0.2) is 0 Å².